The Labute approximate surface area is 193 Å². The van der Waals surface area contributed by atoms with Crippen LogP contribution in [0.4, 0.5) is 11.4 Å². The van der Waals surface area contributed by atoms with Gasteiger partial charge in [-0.1, -0.05) is 47.5 Å². The number of nitrogens with one attached hydrogen (secondary N) is 1. The number of carbonyl (C=O) groups is 1. The third-order valence-electron chi connectivity index (χ3n) is 4.92. The Hall–Kier alpha value is -3.34. The van der Waals surface area contributed by atoms with E-state index < -0.39 is 22.5 Å². The van der Waals surface area contributed by atoms with Gasteiger partial charge in [0.15, 0.2) is 0 Å². The van der Waals surface area contributed by atoms with Gasteiger partial charge in [0.1, 0.15) is 6.54 Å². The SMILES string of the molecule is Cc1ccc(S(=O)(=O)N(CC(=O)Nc2ccc(CC#N)cc2)c2cccc(Cl)c2C)cc1. The Balaban J connectivity index is 1.94. The van der Waals surface area contributed by atoms with Crippen LogP contribution in [0.3, 0.4) is 0 Å². The van der Waals surface area contributed by atoms with E-state index in [0.717, 1.165) is 15.4 Å². The second kappa shape index (κ2) is 9.86. The highest BCUT2D eigenvalue weighted by Gasteiger charge is 2.28. The smallest absolute Gasteiger partial charge is 0.264 e. The fraction of sp³-hybridized carbons (Fsp3) is 0.167. The highest BCUT2D eigenvalue weighted by atomic mass is 35.5. The molecule has 0 atom stereocenters. The normalized spacial score (nSPS) is 10.9. The van der Waals surface area contributed by atoms with Crippen molar-refractivity contribution in [3.8, 4) is 6.07 Å². The highest BCUT2D eigenvalue weighted by Crippen LogP contribution is 2.31. The van der Waals surface area contributed by atoms with Crippen LogP contribution in [-0.4, -0.2) is 20.9 Å². The van der Waals surface area contributed by atoms with Gasteiger partial charge in [0.05, 0.1) is 23.1 Å². The van der Waals surface area contributed by atoms with Crippen LogP contribution in [0.25, 0.3) is 0 Å². The van der Waals surface area contributed by atoms with E-state index in [-0.39, 0.29) is 11.3 Å². The maximum atomic E-state index is 13.5. The number of rotatable bonds is 7. The number of anilines is 2. The van der Waals surface area contributed by atoms with Crippen molar-refractivity contribution in [2.75, 3.05) is 16.2 Å². The van der Waals surface area contributed by atoms with Gasteiger partial charge >= 0.3 is 0 Å². The first kappa shape index (κ1) is 23.3. The number of sulfonamides is 1. The summed E-state index contributed by atoms with van der Waals surface area (Å²) in [6, 6.07) is 20.3. The molecule has 0 saturated heterocycles. The number of halogens is 1. The Morgan fingerprint density at radius 1 is 1.03 bits per heavy atom. The van der Waals surface area contributed by atoms with Gasteiger partial charge in [0.25, 0.3) is 10.0 Å². The third-order valence-corrected chi connectivity index (χ3v) is 7.11. The number of nitriles is 1. The summed E-state index contributed by atoms with van der Waals surface area (Å²) < 4.78 is 28.0. The van der Waals surface area contributed by atoms with Gasteiger partial charge in [-0.3, -0.25) is 9.10 Å². The molecular formula is C24H22ClN3O3S. The number of hydrogen-bond donors (Lipinski definition) is 1. The molecule has 0 spiro atoms. The molecule has 0 fully saturated rings. The van der Waals surface area contributed by atoms with Crippen LogP contribution < -0.4 is 9.62 Å². The molecule has 0 saturated carbocycles. The quantitative estimate of drug-likeness (QED) is 0.537. The van der Waals surface area contributed by atoms with Crippen LogP contribution >= 0.6 is 11.6 Å². The molecule has 0 bridgehead atoms. The molecule has 0 unspecified atom stereocenters. The Bertz CT molecular complexity index is 1270. The lowest BCUT2D eigenvalue weighted by atomic mass is 10.1. The van der Waals surface area contributed by atoms with E-state index in [1.165, 1.54) is 12.1 Å². The van der Waals surface area contributed by atoms with Crippen LogP contribution in [0.2, 0.25) is 5.02 Å². The third kappa shape index (κ3) is 5.28. The van der Waals surface area contributed by atoms with Gasteiger partial charge in [-0.15, -0.1) is 0 Å². The Kier molecular flexibility index (Phi) is 7.18. The maximum absolute atomic E-state index is 13.5. The van der Waals surface area contributed by atoms with Gasteiger partial charge < -0.3 is 5.32 Å². The minimum atomic E-state index is -4.03. The first-order chi connectivity index (χ1) is 15.2. The Morgan fingerprint density at radius 3 is 2.31 bits per heavy atom. The van der Waals surface area contributed by atoms with Gasteiger partial charge in [0, 0.05) is 10.7 Å². The minimum Gasteiger partial charge on any atom is -0.325 e. The number of carbonyl (C=O) groups excluding carboxylic acids is 1. The summed E-state index contributed by atoms with van der Waals surface area (Å²) in [5.41, 5.74) is 3.14. The average molecular weight is 468 g/mol. The van der Waals surface area contributed by atoms with Crippen LogP contribution in [0.1, 0.15) is 16.7 Å². The number of hydrogen-bond acceptors (Lipinski definition) is 4. The second-order valence-electron chi connectivity index (χ2n) is 7.29. The van der Waals surface area contributed by atoms with Crippen molar-refractivity contribution < 1.29 is 13.2 Å². The van der Waals surface area contributed by atoms with Crippen molar-refractivity contribution in [1.82, 2.24) is 0 Å². The molecule has 3 rings (SSSR count). The van der Waals surface area contributed by atoms with E-state index in [9.17, 15) is 13.2 Å². The molecule has 0 radical (unpaired) electrons. The number of benzene rings is 3. The zero-order chi connectivity index (χ0) is 23.3. The minimum absolute atomic E-state index is 0.0798. The fourth-order valence-electron chi connectivity index (χ4n) is 3.13. The first-order valence-electron chi connectivity index (χ1n) is 9.82. The molecule has 0 aliphatic rings. The van der Waals surface area contributed by atoms with Gasteiger partial charge in [-0.2, -0.15) is 5.26 Å². The second-order valence-corrected chi connectivity index (χ2v) is 9.56. The fourth-order valence-corrected chi connectivity index (χ4v) is 4.78. The van der Waals surface area contributed by atoms with Crippen LogP contribution in [0.5, 0.6) is 0 Å². The molecule has 1 N–H and O–H groups in total. The molecule has 0 aliphatic heterocycles. The molecule has 0 aliphatic carbocycles. The van der Waals surface area contributed by atoms with Crippen molar-refractivity contribution in [1.29, 1.82) is 5.26 Å². The molecule has 32 heavy (non-hydrogen) atoms. The van der Waals surface area contributed by atoms with E-state index in [4.69, 9.17) is 16.9 Å². The van der Waals surface area contributed by atoms with E-state index in [1.54, 1.807) is 61.5 Å². The largest absolute Gasteiger partial charge is 0.325 e. The summed E-state index contributed by atoms with van der Waals surface area (Å²) in [7, 11) is -4.03. The van der Waals surface area contributed by atoms with Crippen LogP contribution in [-0.2, 0) is 21.2 Å². The average Bonchev–Trinajstić information content (AvgIpc) is 2.76. The van der Waals surface area contributed by atoms with E-state index in [2.05, 4.69) is 11.4 Å². The van der Waals surface area contributed by atoms with Crippen molar-refractivity contribution in [3.63, 3.8) is 0 Å². The predicted octanol–water partition coefficient (Wildman–Crippen LogP) is 4.86. The van der Waals surface area contributed by atoms with Crippen LogP contribution in [0.15, 0.2) is 71.6 Å². The summed E-state index contributed by atoms with van der Waals surface area (Å²) in [6.07, 6.45) is 0.269. The summed E-state index contributed by atoms with van der Waals surface area (Å²) >= 11 is 6.24. The van der Waals surface area contributed by atoms with Crippen LogP contribution in [0, 0.1) is 25.2 Å². The molecule has 164 valence electrons. The van der Waals surface area contributed by atoms with Crippen molar-refractivity contribution >= 4 is 38.9 Å². The van der Waals surface area contributed by atoms with Gasteiger partial charge in [-0.25, -0.2) is 8.42 Å². The number of aryl methyl sites for hydroxylation is 1. The summed E-state index contributed by atoms with van der Waals surface area (Å²) in [5, 5.41) is 11.9. The zero-order valence-corrected chi connectivity index (χ0v) is 19.2. The predicted molar refractivity (Wildman–Crippen MR) is 126 cm³/mol. The van der Waals surface area contributed by atoms with E-state index >= 15 is 0 Å². The molecule has 3 aromatic carbocycles. The molecule has 8 heteroatoms. The maximum Gasteiger partial charge on any atom is 0.264 e. The number of nitrogens with zero attached hydrogens (tertiary/aromatic N) is 2. The lowest BCUT2D eigenvalue weighted by Crippen LogP contribution is -2.38. The van der Waals surface area contributed by atoms with Crippen molar-refractivity contribution in [2.45, 2.75) is 25.2 Å². The first-order valence-corrected chi connectivity index (χ1v) is 11.6. The molecule has 0 aromatic heterocycles. The topological polar surface area (TPSA) is 90.3 Å². The highest BCUT2D eigenvalue weighted by molar-refractivity contribution is 7.92. The molecule has 6 nitrogen and oxygen atoms in total. The molecular weight excluding hydrogens is 446 g/mol. The van der Waals surface area contributed by atoms with Gasteiger partial charge in [0.2, 0.25) is 5.91 Å². The van der Waals surface area contributed by atoms with E-state index in [0.29, 0.717) is 22.0 Å². The van der Waals surface area contributed by atoms with Crippen molar-refractivity contribution in [2.24, 2.45) is 0 Å². The lowest BCUT2D eigenvalue weighted by Gasteiger charge is -2.26. The lowest BCUT2D eigenvalue weighted by molar-refractivity contribution is -0.114. The summed E-state index contributed by atoms with van der Waals surface area (Å²) in [5.74, 6) is -0.506. The van der Waals surface area contributed by atoms with E-state index in [1.807, 2.05) is 6.92 Å². The monoisotopic (exact) mass is 467 g/mol. The molecule has 0 heterocycles. The standard InChI is InChI=1S/C24H22ClN3O3S/c1-17-6-12-21(13-7-17)32(30,31)28(23-5-3-4-22(25)18(23)2)16-24(29)27-20-10-8-19(9-11-20)14-15-26/h3-13H,14,16H2,1-2H3,(H,27,29). The summed E-state index contributed by atoms with van der Waals surface area (Å²) in [6.45, 7) is 3.14. The van der Waals surface area contributed by atoms with Gasteiger partial charge in [-0.05, 0) is 61.4 Å². The van der Waals surface area contributed by atoms with Crippen molar-refractivity contribution in [3.05, 3.63) is 88.4 Å². The number of amides is 1. The molecule has 3 aromatic rings. The zero-order valence-electron chi connectivity index (χ0n) is 17.7. The Morgan fingerprint density at radius 2 is 1.69 bits per heavy atom. The molecule has 1 amide bonds. The summed E-state index contributed by atoms with van der Waals surface area (Å²) in [4.78, 5) is 12.9.